The molecule has 0 fully saturated rings. The van der Waals surface area contributed by atoms with Crippen LogP contribution in [0.15, 0.2) is 0 Å². The predicted molar refractivity (Wildman–Crippen MR) is 38.8 cm³/mol. The summed E-state index contributed by atoms with van der Waals surface area (Å²) >= 11 is 0. The number of hydrogen-bond acceptors (Lipinski definition) is 5. The third kappa shape index (κ3) is 4.62. The third-order valence-electron chi connectivity index (χ3n) is 1.02. The highest BCUT2D eigenvalue weighted by molar-refractivity contribution is 7.90. The van der Waals surface area contributed by atoms with Gasteiger partial charge in [0.25, 0.3) is 20.2 Å². The second-order valence-electron chi connectivity index (χ2n) is 2.07. The van der Waals surface area contributed by atoms with Gasteiger partial charge in [-0.05, 0) is 0 Å². The first kappa shape index (κ1) is 11.8. The van der Waals surface area contributed by atoms with E-state index in [4.69, 9.17) is 14.2 Å². The van der Waals surface area contributed by atoms with Crippen molar-refractivity contribution >= 4 is 20.2 Å². The molecule has 0 aromatic heterocycles. The Morgan fingerprint density at radius 3 is 1.58 bits per heavy atom. The van der Waals surface area contributed by atoms with Crippen LogP contribution in [0, 0.1) is 0 Å². The first-order valence-corrected chi connectivity index (χ1v) is 5.80. The van der Waals surface area contributed by atoms with Gasteiger partial charge in [0.15, 0.2) is 0 Å². The highest BCUT2D eigenvalue weighted by Gasteiger charge is 2.27. The normalized spacial score (nSPS) is 15.9. The fourth-order valence-electron chi connectivity index (χ4n) is 0.468. The Labute approximate surface area is 69.5 Å². The Bertz CT molecular complexity index is 324. The second-order valence-corrected chi connectivity index (χ2v) is 5.26. The summed E-state index contributed by atoms with van der Waals surface area (Å²) in [5.41, 5.74) is 0. The molecule has 0 aromatic carbocycles. The molecule has 3 N–H and O–H groups in total. The summed E-state index contributed by atoms with van der Waals surface area (Å²) in [6, 6.07) is 0. The molecule has 0 aliphatic carbocycles. The van der Waals surface area contributed by atoms with E-state index in [9.17, 15) is 16.8 Å². The van der Waals surface area contributed by atoms with Crippen molar-refractivity contribution in [3.8, 4) is 0 Å². The Morgan fingerprint density at radius 2 is 1.50 bits per heavy atom. The highest BCUT2D eigenvalue weighted by Crippen LogP contribution is 2.00. The standard InChI is InChI=1S/C3H8O7S2/c4-1-3(12(8,9)10)2-11(5,6)7/h3-4H,1-2H2,(H,5,6,7)(H,8,9,10). The molecule has 1 atom stereocenters. The molecule has 0 saturated heterocycles. The van der Waals surface area contributed by atoms with Crippen LogP contribution in [-0.2, 0) is 20.2 Å². The van der Waals surface area contributed by atoms with E-state index in [-0.39, 0.29) is 0 Å². The molecule has 0 radical (unpaired) electrons. The monoisotopic (exact) mass is 220 g/mol. The van der Waals surface area contributed by atoms with Gasteiger partial charge in [-0.15, -0.1) is 0 Å². The summed E-state index contributed by atoms with van der Waals surface area (Å²) in [6.45, 7) is -1.07. The van der Waals surface area contributed by atoms with Gasteiger partial charge < -0.3 is 5.11 Å². The maximum absolute atomic E-state index is 10.3. The summed E-state index contributed by atoms with van der Waals surface area (Å²) in [4.78, 5) is 0. The van der Waals surface area contributed by atoms with Crippen LogP contribution in [0.3, 0.4) is 0 Å². The van der Waals surface area contributed by atoms with Crippen LogP contribution in [0.1, 0.15) is 0 Å². The Kier molecular flexibility index (Phi) is 3.59. The Balaban J connectivity index is 4.64. The van der Waals surface area contributed by atoms with Gasteiger partial charge in [0, 0.05) is 0 Å². The van der Waals surface area contributed by atoms with Crippen molar-refractivity contribution in [3.05, 3.63) is 0 Å². The number of rotatable bonds is 4. The maximum atomic E-state index is 10.3. The summed E-state index contributed by atoms with van der Waals surface area (Å²) in [5, 5.41) is 6.41. The van der Waals surface area contributed by atoms with E-state index in [0.717, 1.165) is 0 Å². The van der Waals surface area contributed by atoms with Crippen molar-refractivity contribution in [2.45, 2.75) is 5.25 Å². The van der Waals surface area contributed by atoms with Gasteiger partial charge in [-0.2, -0.15) is 16.8 Å². The quantitative estimate of drug-likeness (QED) is 0.473. The van der Waals surface area contributed by atoms with Crippen LogP contribution in [0.2, 0.25) is 0 Å². The van der Waals surface area contributed by atoms with E-state index in [1.807, 2.05) is 0 Å². The van der Waals surface area contributed by atoms with E-state index in [1.165, 1.54) is 0 Å². The Morgan fingerprint density at radius 1 is 1.08 bits per heavy atom. The van der Waals surface area contributed by atoms with E-state index in [1.54, 1.807) is 0 Å². The minimum atomic E-state index is -4.64. The second kappa shape index (κ2) is 3.66. The minimum absolute atomic E-state index is 1.07. The zero-order valence-corrected chi connectivity index (χ0v) is 7.42. The van der Waals surface area contributed by atoms with Crippen molar-refractivity contribution in [1.82, 2.24) is 0 Å². The Hall–Kier alpha value is -0.220. The first-order valence-electron chi connectivity index (χ1n) is 2.69. The van der Waals surface area contributed by atoms with Crippen molar-refractivity contribution in [2.75, 3.05) is 12.4 Å². The van der Waals surface area contributed by atoms with Crippen LogP contribution < -0.4 is 0 Å². The zero-order valence-electron chi connectivity index (χ0n) is 5.78. The highest BCUT2D eigenvalue weighted by atomic mass is 32.2. The molecule has 0 aliphatic heterocycles. The fraction of sp³-hybridized carbons (Fsp3) is 1.00. The average molecular weight is 220 g/mol. The van der Waals surface area contributed by atoms with Gasteiger partial charge in [0.05, 0.1) is 12.4 Å². The summed E-state index contributed by atoms with van der Waals surface area (Å²) in [7, 11) is -9.16. The minimum Gasteiger partial charge on any atom is -0.395 e. The molecule has 0 heterocycles. The van der Waals surface area contributed by atoms with Crippen LogP contribution in [0.4, 0.5) is 0 Å². The lowest BCUT2D eigenvalue weighted by molar-refractivity contribution is 0.288. The molecule has 0 saturated carbocycles. The van der Waals surface area contributed by atoms with E-state index in [0.29, 0.717) is 0 Å². The molecular weight excluding hydrogens is 212 g/mol. The van der Waals surface area contributed by atoms with Gasteiger partial charge in [0.2, 0.25) is 0 Å². The molecular formula is C3H8O7S2. The van der Waals surface area contributed by atoms with Crippen molar-refractivity contribution in [2.24, 2.45) is 0 Å². The molecule has 0 amide bonds. The fourth-order valence-corrected chi connectivity index (χ4v) is 2.44. The molecule has 12 heavy (non-hydrogen) atoms. The van der Waals surface area contributed by atoms with Crippen molar-refractivity contribution in [1.29, 1.82) is 0 Å². The molecule has 74 valence electrons. The van der Waals surface area contributed by atoms with Gasteiger partial charge in [0.1, 0.15) is 5.25 Å². The molecule has 7 nitrogen and oxygen atoms in total. The van der Waals surface area contributed by atoms with Gasteiger partial charge in [-0.1, -0.05) is 0 Å². The maximum Gasteiger partial charge on any atom is 0.271 e. The lowest BCUT2D eigenvalue weighted by Crippen LogP contribution is -2.32. The largest absolute Gasteiger partial charge is 0.395 e. The first-order chi connectivity index (χ1) is 5.17. The SMILES string of the molecule is O=S(=O)(O)CC(CO)S(=O)(=O)O. The van der Waals surface area contributed by atoms with Crippen LogP contribution in [0.25, 0.3) is 0 Å². The molecule has 0 bridgehead atoms. The van der Waals surface area contributed by atoms with Crippen molar-refractivity contribution < 1.29 is 31.0 Å². The van der Waals surface area contributed by atoms with E-state index >= 15 is 0 Å². The van der Waals surface area contributed by atoms with E-state index in [2.05, 4.69) is 0 Å². The van der Waals surface area contributed by atoms with Crippen LogP contribution in [0.5, 0.6) is 0 Å². The topological polar surface area (TPSA) is 129 Å². The number of hydrogen-bond donors (Lipinski definition) is 3. The van der Waals surface area contributed by atoms with Gasteiger partial charge in [-0.3, -0.25) is 9.11 Å². The summed E-state index contributed by atoms with van der Waals surface area (Å²) < 4.78 is 57.2. The van der Waals surface area contributed by atoms with Crippen LogP contribution in [-0.4, -0.2) is 48.7 Å². The molecule has 0 spiro atoms. The summed E-state index contributed by atoms with van der Waals surface area (Å²) in [6.07, 6.45) is 0. The lowest BCUT2D eigenvalue weighted by Gasteiger charge is -2.07. The smallest absolute Gasteiger partial charge is 0.271 e. The molecule has 0 rings (SSSR count). The zero-order chi connectivity index (χ0) is 9.99. The number of aliphatic hydroxyl groups is 1. The van der Waals surface area contributed by atoms with Gasteiger partial charge in [-0.25, -0.2) is 0 Å². The number of aliphatic hydroxyl groups excluding tert-OH is 1. The van der Waals surface area contributed by atoms with Gasteiger partial charge >= 0.3 is 0 Å². The molecule has 9 heteroatoms. The molecule has 0 aliphatic rings. The molecule has 1 unspecified atom stereocenters. The molecule has 0 aromatic rings. The third-order valence-corrected chi connectivity index (χ3v) is 3.21. The predicted octanol–water partition coefficient (Wildman–Crippen LogP) is -1.88. The lowest BCUT2D eigenvalue weighted by atomic mass is 10.5. The van der Waals surface area contributed by atoms with E-state index < -0.39 is 37.8 Å². The average Bonchev–Trinajstić information content (AvgIpc) is 1.78. The van der Waals surface area contributed by atoms with Crippen LogP contribution >= 0.6 is 0 Å². The van der Waals surface area contributed by atoms with Crippen molar-refractivity contribution in [3.63, 3.8) is 0 Å². The summed E-state index contributed by atoms with van der Waals surface area (Å²) in [5.74, 6) is -1.22.